The van der Waals surface area contributed by atoms with E-state index in [4.69, 9.17) is 8.92 Å². The average Bonchev–Trinajstić information content (AvgIpc) is 2.59. The van der Waals surface area contributed by atoms with E-state index < -0.39 is 16.1 Å². The molecule has 6 nitrogen and oxygen atoms in total. The van der Waals surface area contributed by atoms with E-state index >= 15 is 0 Å². The zero-order valence-electron chi connectivity index (χ0n) is 14.0. The summed E-state index contributed by atoms with van der Waals surface area (Å²) in [5, 5.41) is 11.2. The minimum absolute atomic E-state index is 0.0209. The smallest absolute Gasteiger partial charge is 0.339 e. The molecule has 0 bridgehead atoms. The molecule has 2 rings (SSSR count). The van der Waals surface area contributed by atoms with Crippen LogP contribution in [0, 0.1) is 0 Å². The number of hydrogen-bond acceptors (Lipinski definition) is 6. The first-order valence-corrected chi connectivity index (χ1v) is 9.21. The number of aromatic carboxylic acids is 1. The van der Waals surface area contributed by atoms with Crippen LogP contribution in [0.1, 0.15) is 35.7 Å². The van der Waals surface area contributed by atoms with Crippen molar-refractivity contribution in [2.75, 3.05) is 7.11 Å². The van der Waals surface area contributed by atoms with Gasteiger partial charge in [0.1, 0.15) is 16.4 Å². The van der Waals surface area contributed by atoms with Crippen LogP contribution in [0.15, 0.2) is 47.4 Å². The summed E-state index contributed by atoms with van der Waals surface area (Å²) in [6, 6.07) is 9.83. The van der Waals surface area contributed by atoms with Gasteiger partial charge in [0.15, 0.2) is 0 Å². The fraction of sp³-hybridized carbons (Fsp3) is 0.278. The van der Waals surface area contributed by atoms with Gasteiger partial charge in [-0.15, -0.1) is 0 Å². The van der Waals surface area contributed by atoms with Gasteiger partial charge in [-0.1, -0.05) is 13.3 Å². The van der Waals surface area contributed by atoms with Crippen LogP contribution < -0.4 is 14.0 Å². The number of carbonyl (C=O) groups is 1. The van der Waals surface area contributed by atoms with Gasteiger partial charge in [-0.2, -0.15) is 8.42 Å². The minimum Gasteiger partial charge on any atom is -0.545 e. The second-order valence-electron chi connectivity index (χ2n) is 5.42. The molecule has 0 aliphatic heterocycles. The average molecular weight is 363 g/mol. The lowest BCUT2D eigenvalue weighted by atomic mass is 10.0. The molecule has 0 aromatic heterocycles. The largest absolute Gasteiger partial charge is 0.545 e. The highest BCUT2D eigenvalue weighted by Crippen LogP contribution is 2.24. The predicted molar refractivity (Wildman–Crippen MR) is 90.2 cm³/mol. The van der Waals surface area contributed by atoms with E-state index in [2.05, 4.69) is 0 Å². The number of methoxy groups -OCH3 is 1. The molecule has 0 aliphatic rings. The molecule has 25 heavy (non-hydrogen) atoms. The summed E-state index contributed by atoms with van der Waals surface area (Å²) in [5.74, 6) is -0.707. The predicted octanol–water partition coefficient (Wildman–Crippen LogP) is 2.17. The van der Waals surface area contributed by atoms with E-state index in [0.29, 0.717) is 17.7 Å². The zero-order chi connectivity index (χ0) is 18.4. The van der Waals surface area contributed by atoms with Crippen molar-refractivity contribution in [2.24, 2.45) is 0 Å². The number of carbonyl (C=O) groups excluding carboxylic acids is 1. The minimum atomic E-state index is -4.03. The van der Waals surface area contributed by atoms with Crippen molar-refractivity contribution in [2.45, 2.75) is 31.1 Å². The molecule has 0 amide bonds. The van der Waals surface area contributed by atoms with Crippen LogP contribution in [0.5, 0.6) is 11.5 Å². The Labute approximate surface area is 147 Å². The molecular weight excluding hydrogens is 344 g/mol. The van der Waals surface area contributed by atoms with Gasteiger partial charge < -0.3 is 18.8 Å². The Hall–Kier alpha value is -2.54. The Bertz CT molecular complexity index is 840. The van der Waals surface area contributed by atoms with Crippen LogP contribution in [0.3, 0.4) is 0 Å². The van der Waals surface area contributed by atoms with Crippen LogP contribution in [-0.2, 0) is 16.5 Å². The molecule has 134 valence electrons. The fourth-order valence-electron chi connectivity index (χ4n) is 2.31. The molecule has 0 fully saturated rings. The lowest BCUT2D eigenvalue weighted by molar-refractivity contribution is -0.255. The van der Waals surface area contributed by atoms with Gasteiger partial charge in [-0.3, -0.25) is 0 Å². The SMILES string of the molecule is CCCCc1cc(OS(=O)(=O)c2ccc(OC)cc2)ccc1C(=O)[O-]. The summed E-state index contributed by atoms with van der Waals surface area (Å²) < 4.78 is 34.8. The van der Waals surface area contributed by atoms with Gasteiger partial charge in [0, 0.05) is 5.56 Å². The maximum absolute atomic E-state index is 12.4. The summed E-state index contributed by atoms with van der Waals surface area (Å²) in [5.41, 5.74) is 0.534. The molecule has 0 spiro atoms. The van der Waals surface area contributed by atoms with Crippen molar-refractivity contribution in [1.29, 1.82) is 0 Å². The van der Waals surface area contributed by atoms with Crippen molar-refractivity contribution < 1.29 is 27.2 Å². The molecule has 0 heterocycles. The van der Waals surface area contributed by atoms with E-state index in [0.717, 1.165) is 12.8 Å². The Kier molecular flexibility index (Phi) is 6.03. The number of aryl methyl sites for hydroxylation is 1. The van der Waals surface area contributed by atoms with Crippen LogP contribution in [0.2, 0.25) is 0 Å². The topological polar surface area (TPSA) is 92.7 Å². The molecule has 0 N–H and O–H groups in total. The number of carboxylic acids is 1. The Balaban J connectivity index is 2.29. The van der Waals surface area contributed by atoms with Gasteiger partial charge in [0.25, 0.3) is 0 Å². The summed E-state index contributed by atoms with van der Waals surface area (Å²) in [7, 11) is -2.54. The van der Waals surface area contributed by atoms with Gasteiger partial charge in [-0.05, 0) is 60.9 Å². The third-order valence-corrected chi connectivity index (χ3v) is 4.91. The van der Waals surface area contributed by atoms with Gasteiger partial charge >= 0.3 is 10.1 Å². The maximum Gasteiger partial charge on any atom is 0.339 e. The Morgan fingerprint density at radius 2 is 1.72 bits per heavy atom. The van der Waals surface area contributed by atoms with Crippen molar-refractivity contribution in [1.82, 2.24) is 0 Å². The molecule has 0 aliphatic carbocycles. The monoisotopic (exact) mass is 363 g/mol. The molecule has 0 unspecified atom stereocenters. The van der Waals surface area contributed by atoms with Gasteiger partial charge in [-0.25, -0.2) is 0 Å². The lowest BCUT2D eigenvalue weighted by Crippen LogP contribution is -2.24. The maximum atomic E-state index is 12.4. The van der Waals surface area contributed by atoms with E-state index in [-0.39, 0.29) is 16.2 Å². The molecule has 0 saturated heterocycles. The number of benzene rings is 2. The summed E-state index contributed by atoms with van der Waals surface area (Å²) in [6.07, 6.45) is 2.15. The van der Waals surface area contributed by atoms with Crippen molar-refractivity contribution in [3.05, 3.63) is 53.6 Å². The van der Waals surface area contributed by atoms with Gasteiger partial charge in [0.2, 0.25) is 0 Å². The molecular formula is C18H19O6S-. The standard InChI is InChI=1S/C18H20O6S/c1-3-4-5-13-12-15(8-11-17(13)18(19)20)24-25(21,22)16-9-6-14(23-2)7-10-16/h6-12H,3-5H2,1-2H3,(H,19,20)/p-1. The van der Waals surface area contributed by atoms with Crippen molar-refractivity contribution >= 4 is 16.1 Å². The van der Waals surface area contributed by atoms with E-state index in [1.165, 1.54) is 49.6 Å². The number of carboxylic acid groups (broad SMARTS) is 1. The third kappa shape index (κ3) is 4.73. The van der Waals surface area contributed by atoms with Crippen molar-refractivity contribution in [3.8, 4) is 11.5 Å². The Morgan fingerprint density at radius 3 is 2.28 bits per heavy atom. The number of unbranched alkanes of at least 4 members (excludes halogenated alkanes) is 1. The molecule has 0 atom stereocenters. The molecule has 7 heteroatoms. The number of hydrogen-bond donors (Lipinski definition) is 0. The highest BCUT2D eigenvalue weighted by molar-refractivity contribution is 7.87. The quantitative estimate of drug-likeness (QED) is 0.667. The molecule has 0 saturated carbocycles. The zero-order valence-corrected chi connectivity index (χ0v) is 14.8. The third-order valence-electron chi connectivity index (χ3n) is 3.65. The first kappa shape index (κ1) is 18.8. The molecule has 0 radical (unpaired) electrons. The molecule has 2 aromatic carbocycles. The Morgan fingerprint density at radius 1 is 1.08 bits per heavy atom. The highest BCUT2D eigenvalue weighted by atomic mass is 32.2. The van der Waals surface area contributed by atoms with E-state index in [1.54, 1.807) is 0 Å². The van der Waals surface area contributed by atoms with Gasteiger partial charge in [0.05, 0.1) is 13.1 Å². The van der Waals surface area contributed by atoms with Crippen LogP contribution in [0.4, 0.5) is 0 Å². The van der Waals surface area contributed by atoms with Crippen molar-refractivity contribution in [3.63, 3.8) is 0 Å². The number of rotatable bonds is 8. The second-order valence-corrected chi connectivity index (χ2v) is 6.97. The molecule has 2 aromatic rings. The van der Waals surface area contributed by atoms with Crippen LogP contribution in [0.25, 0.3) is 0 Å². The number of ether oxygens (including phenoxy) is 1. The van der Waals surface area contributed by atoms with E-state index in [1.807, 2.05) is 6.92 Å². The fourth-order valence-corrected chi connectivity index (χ4v) is 3.23. The summed E-state index contributed by atoms with van der Waals surface area (Å²) in [4.78, 5) is 11.2. The second kappa shape index (κ2) is 8.02. The first-order chi connectivity index (χ1) is 11.9. The van der Waals surface area contributed by atoms with E-state index in [9.17, 15) is 18.3 Å². The summed E-state index contributed by atoms with van der Waals surface area (Å²) >= 11 is 0. The van der Waals surface area contributed by atoms with Crippen LogP contribution in [-0.4, -0.2) is 21.5 Å². The lowest BCUT2D eigenvalue weighted by Gasteiger charge is -2.13. The van der Waals surface area contributed by atoms with Crippen LogP contribution >= 0.6 is 0 Å². The summed E-state index contributed by atoms with van der Waals surface area (Å²) in [6.45, 7) is 1.98. The highest BCUT2D eigenvalue weighted by Gasteiger charge is 2.17. The normalized spacial score (nSPS) is 11.1. The first-order valence-electron chi connectivity index (χ1n) is 7.80.